The van der Waals surface area contributed by atoms with Gasteiger partial charge in [-0.1, -0.05) is 12.1 Å². The van der Waals surface area contributed by atoms with E-state index in [1.807, 2.05) is 43.1 Å². The van der Waals surface area contributed by atoms with E-state index in [-0.39, 0.29) is 18.3 Å². The number of hydrogen-bond donors (Lipinski definition) is 2. The standard InChI is InChI=1S/C20H25FN4O2/c1-4-22-20(25(2)14-15-5-11-18(27-3)12-6-15)23-13-19(26)24-17-9-7-16(21)8-10-17/h5-12H,4,13-14H2,1-3H3,(H,22,23)(H,24,26). The maximum absolute atomic E-state index is 12.9. The Kier molecular flexibility index (Phi) is 7.61. The lowest BCUT2D eigenvalue weighted by Gasteiger charge is -2.22. The van der Waals surface area contributed by atoms with Crippen LogP contribution in [0.25, 0.3) is 0 Å². The molecule has 0 spiro atoms. The summed E-state index contributed by atoms with van der Waals surface area (Å²) in [6.45, 7) is 3.25. The molecular weight excluding hydrogens is 347 g/mol. The number of halogens is 1. The van der Waals surface area contributed by atoms with Crippen LogP contribution in [-0.4, -0.2) is 44.0 Å². The molecule has 0 bridgehead atoms. The molecule has 0 saturated carbocycles. The molecular formula is C20H25FN4O2. The van der Waals surface area contributed by atoms with Crippen molar-refractivity contribution in [3.63, 3.8) is 0 Å². The molecule has 6 nitrogen and oxygen atoms in total. The van der Waals surface area contributed by atoms with E-state index in [2.05, 4.69) is 15.6 Å². The Morgan fingerprint density at radius 1 is 1.15 bits per heavy atom. The number of carbonyl (C=O) groups is 1. The molecule has 0 unspecified atom stereocenters. The van der Waals surface area contributed by atoms with Crippen molar-refractivity contribution in [2.45, 2.75) is 13.5 Å². The van der Waals surface area contributed by atoms with Crippen molar-refractivity contribution in [2.75, 3.05) is 32.6 Å². The first-order valence-corrected chi connectivity index (χ1v) is 8.69. The molecule has 1 amide bonds. The summed E-state index contributed by atoms with van der Waals surface area (Å²) in [6.07, 6.45) is 0. The lowest BCUT2D eigenvalue weighted by atomic mass is 10.2. The van der Waals surface area contributed by atoms with Gasteiger partial charge in [-0.15, -0.1) is 0 Å². The van der Waals surface area contributed by atoms with E-state index in [9.17, 15) is 9.18 Å². The van der Waals surface area contributed by atoms with E-state index in [1.165, 1.54) is 24.3 Å². The van der Waals surface area contributed by atoms with Gasteiger partial charge < -0.3 is 20.3 Å². The van der Waals surface area contributed by atoms with Crippen LogP contribution in [-0.2, 0) is 11.3 Å². The summed E-state index contributed by atoms with van der Waals surface area (Å²) < 4.78 is 18.1. The minimum atomic E-state index is -0.347. The summed E-state index contributed by atoms with van der Waals surface area (Å²) >= 11 is 0. The van der Waals surface area contributed by atoms with Crippen molar-refractivity contribution < 1.29 is 13.9 Å². The molecule has 0 aliphatic carbocycles. The summed E-state index contributed by atoms with van der Waals surface area (Å²) in [5, 5.41) is 5.87. The first-order chi connectivity index (χ1) is 13.0. The Hall–Kier alpha value is -3.09. The van der Waals surface area contributed by atoms with Gasteiger partial charge in [0.25, 0.3) is 0 Å². The number of anilines is 1. The topological polar surface area (TPSA) is 66.0 Å². The molecule has 0 radical (unpaired) electrons. The van der Waals surface area contributed by atoms with Gasteiger partial charge in [-0.3, -0.25) is 4.79 Å². The number of rotatable bonds is 7. The highest BCUT2D eigenvalue weighted by molar-refractivity contribution is 5.94. The van der Waals surface area contributed by atoms with Crippen LogP contribution in [0.2, 0.25) is 0 Å². The smallest absolute Gasteiger partial charge is 0.246 e. The van der Waals surface area contributed by atoms with E-state index in [0.29, 0.717) is 24.7 Å². The van der Waals surface area contributed by atoms with E-state index in [4.69, 9.17) is 4.74 Å². The molecule has 7 heteroatoms. The Morgan fingerprint density at radius 3 is 2.41 bits per heavy atom. The van der Waals surface area contributed by atoms with Crippen LogP contribution < -0.4 is 15.4 Å². The number of carbonyl (C=O) groups excluding carboxylic acids is 1. The SMILES string of the molecule is CCNC(=NCC(=O)Nc1ccc(F)cc1)N(C)Cc1ccc(OC)cc1. The minimum Gasteiger partial charge on any atom is -0.497 e. The van der Waals surface area contributed by atoms with E-state index in [0.717, 1.165) is 11.3 Å². The van der Waals surface area contributed by atoms with Crippen molar-refractivity contribution in [3.8, 4) is 5.75 Å². The molecule has 144 valence electrons. The number of benzene rings is 2. The molecule has 0 atom stereocenters. The zero-order chi connectivity index (χ0) is 19.6. The lowest BCUT2D eigenvalue weighted by Crippen LogP contribution is -2.39. The quantitative estimate of drug-likeness (QED) is 0.579. The minimum absolute atomic E-state index is 0.0351. The number of nitrogens with one attached hydrogen (secondary N) is 2. The molecule has 0 fully saturated rings. The van der Waals surface area contributed by atoms with Crippen LogP contribution in [0.3, 0.4) is 0 Å². The molecule has 0 aliphatic rings. The summed E-state index contributed by atoms with van der Waals surface area (Å²) in [5.74, 6) is 0.817. The second-order valence-electron chi connectivity index (χ2n) is 5.93. The third-order valence-electron chi connectivity index (χ3n) is 3.78. The van der Waals surface area contributed by atoms with Crippen molar-refractivity contribution in [1.82, 2.24) is 10.2 Å². The van der Waals surface area contributed by atoms with Crippen molar-refractivity contribution in [1.29, 1.82) is 0 Å². The highest BCUT2D eigenvalue weighted by Gasteiger charge is 2.09. The number of aliphatic imine (C=N–C) groups is 1. The molecule has 2 aromatic rings. The summed E-state index contributed by atoms with van der Waals surface area (Å²) in [7, 11) is 3.54. The second-order valence-corrected chi connectivity index (χ2v) is 5.93. The Balaban J connectivity index is 1.96. The van der Waals surface area contributed by atoms with E-state index < -0.39 is 0 Å². The predicted molar refractivity (Wildman–Crippen MR) is 105 cm³/mol. The summed E-state index contributed by atoms with van der Waals surface area (Å²) in [6, 6.07) is 13.4. The number of hydrogen-bond acceptors (Lipinski definition) is 3. The van der Waals surface area contributed by atoms with E-state index in [1.54, 1.807) is 7.11 Å². The average Bonchev–Trinajstić information content (AvgIpc) is 2.67. The van der Waals surface area contributed by atoms with Crippen molar-refractivity contribution in [3.05, 3.63) is 59.9 Å². The summed E-state index contributed by atoms with van der Waals surface area (Å²) in [4.78, 5) is 18.4. The number of guanidine groups is 1. The molecule has 0 aromatic heterocycles. The van der Waals surface area contributed by atoms with Gasteiger partial charge in [0.15, 0.2) is 5.96 Å². The number of methoxy groups -OCH3 is 1. The first-order valence-electron chi connectivity index (χ1n) is 8.69. The van der Waals surface area contributed by atoms with Gasteiger partial charge >= 0.3 is 0 Å². The van der Waals surface area contributed by atoms with Crippen LogP contribution in [0, 0.1) is 5.82 Å². The largest absolute Gasteiger partial charge is 0.497 e. The maximum Gasteiger partial charge on any atom is 0.246 e. The van der Waals surface area contributed by atoms with E-state index >= 15 is 0 Å². The van der Waals surface area contributed by atoms with Gasteiger partial charge in [0.1, 0.15) is 18.1 Å². The van der Waals surface area contributed by atoms with Gasteiger partial charge in [0.2, 0.25) is 5.91 Å². The predicted octanol–water partition coefficient (Wildman–Crippen LogP) is 2.87. The molecule has 0 saturated heterocycles. The highest BCUT2D eigenvalue weighted by Crippen LogP contribution is 2.12. The van der Waals surface area contributed by atoms with Gasteiger partial charge in [-0.2, -0.15) is 0 Å². The lowest BCUT2D eigenvalue weighted by molar-refractivity contribution is -0.114. The van der Waals surface area contributed by atoms with Gasteiger partial charge in [-0.05, 0) is 48.9 Å². The summed E-state index contributed by atoms with van der Waals surface area (Å²) in [5.41, 5.74) is 1.63. The van der Waals surface area contributed by atoms with Crippen LogP contribution in [0.15, 0.2) is 53.5 Å². The van der Waals surface area contributed by atoms with Gasteiger partial charge in [-0.25, -0.2) is 9.38 Å². The van der Waals surface area contributed by atoms with Crippen molar-refractivity contribution >= 4 is 17.6 Å². The molecule has 2 aromatic carbocycles. The molecule has 2 rings (SSSR count). The molecule has 0 heterocycles. The number of nitrogens with zero attached hydrogens (tertiary/aromatic N) is 2. The zero-order valence-corrected chi connectivity index (χ0v) is 15.8. The van der Waals surface area contributed by atoms with Crippen LogP contribution in [0.4, 0.5) is 10.1 Å². The fraction of sp³-hybridized carbons (Fsp3) is 0.300. The molecule has 27 heavy (non-hydrogen) atoms. The molecule has 0 aliphatic heterocycles. The van der Waals surface area contributed by atoms with Gasteiger partial charge in [0, 0.05) is 25.8 Å². The van der Waals surface area contributed by atoms with Gasteiger partial charge in [0.05, 0.1) is 7.11 Å². The maximum atomic E-state index is 12.9. The van der Waals surface area contributed by atoms with Crippen LogP contribution >= 0.6 is 0 Å². The Labute approximate surface area is 159 Å². The van der Waals surface area contributed by atoms with Crippen LogP contribution in [0.1, 0.15) is 12.5 Å². The second kappa shape index (κ2) is 10.2. The van der Waals surface area contributed by atoms with Crippen molar-refractivity contribution in [2.24, 2.45) is 4.99 Å². The van der Waals surface area contributed by atoms with Crippen LogP contribution in [0.5, 0.6) is 5.75 Å². The average molecular weight is 372 g/mol. The fourth-order valence-corrected chi connectivity index (χ4v) is 2.43. The first kappa shape index (κ1) is 20.2. The Morgan fingerprint density at radius 2 is 1.81 bits per heavy atom. The fourth-order valence-electron chi connectivity index (χ4n) is 2.43. The highest BCUT2D eigenvalue weighted by atomic mass is 19.1. The normalized spacial score (nSPS) is 11.0. The Bertz CT molecular complexity index is 761. The third kappa shape index (κ3) is 6.62. The zero-order valence-electron chi connectivity index (χ0n) is 15.8. The number of ether oxygens (including phenoxy) is 1. The third-order valence-corrected chi connectivity index (χ3v) is 3.78. The number of amides is 1. The molecule has 2 N–H and O–H groups in total. The monoisotopic (exact) mass is 372 g/mol.